The average Bonchev–Trinajstić information content (AvgIpc) is 3.02. The molecule has 0 radical (unpaired) electrons. The van der Waals surface area contributed by atoms with Crippen molar-refractivity contribution in [3.8, 4) is 11.8 Å². The summed E-state index contributed by atoms with van der Waals surface area (Å²) in [6.07, 6.45) is 4.38. The van der Waals surface area contributed by atoms with Gasteiger partial charge in [0.05, 0.1) is 5.69 Å². The van der Waals surface area contributed by atoms with E-state index in [1.54, 1.807) is 6.92 Å². The van der Waals surface area contributed by atoms with Crippen molar-refractivity contribution in [1.29, 1.82) is 5.26 Å². The van der Waals surface area contributed by atoms with Crippen molar-refractivity contribution in [2.24, 2.45) is 4.99 Å². The number of amides is 1. The zero-order chi connectivity index (χ0) is 20.3. The maximum absolute atomic E-state index is 14.7. The van der Waals surface area contributed by atoms with Crippen LogP contribution in [0.1, 0.15) is 42.2 Å². The predicted molar refractivity (Wildman–Crippen MR) is 104 cm³/mol. The Kier molecular flexibility index (Phi) is 5.73. The Morgan fingerprint density at radius 2 is 2.00 bits per heavy atom. The molecule has 0 atom stereocenters. The summed E-state index contributed by atoms with van der Waals surface area (Å²) in [6.45, 7) is 3.01. The second-order valence-corrected chi connectivity index (χ2v) is 6.45. The van der Waals surface area contributed by atoms with E-state index in [2.05, 4.69) is 16.4 Å². The third kappa shape index (κ3) is 3.36. The van der Waals surface area contributed by atoms with Crippen molar-refractivity contribution in [2.75, 3.05) is 25.0 Å². The van der Waals surface area contributed by atoms with Gasteiger partial charge >= 0.3 is 0 Å². The number of halogens is 2. The Hall–Kier alpha value is -3.21. The molecule has 1 aromatic heterocycles. The predicted octanol–water partition coefficient (Wildman–Crippen LogP) is 3.70. The number of rotatable bonds is 4. The molecule has 0 unspecified atom stereocenters. The fraction of sp³-hybridized carbons (Fsp3) is 0.350. The van der Waals surface area contributed by atoms with Crippen molar-refractivity contribution < 1.29 is 13.6 Å². The SMILES string of the molecule is CC=Nc1c(C#N)c(N2CCCCC2)n(-c2ccc(F)cc2F)c1C(=O)NC. The van der Waals surface area contributed by atoms with Crippen LogP contribution in [0.3, 0.4) is 0 Å². The highest BCUT2D eigenvalue weighted by atomic mass is 19.1. The topological polar surface area (TPSA) is 73.4 Å². The van der Waals surface area contributed by atoms with Crippen molar-refractivity contribution in [3.05, 3.63) is 41.1 Å². The molecule has 1 aliphatic heterocycles. The van der Waals surface area contributed by atoms with Gasteiger partial charge in [0.1, 0.15) is 40.5 Å². The molecule has 0 saturated carbocycles. The van der Waals surface area contributed by atoms with Crippen LogP contribution < -0.4 is 10.2 Å². The van der Waals surface area contributed by atoms with Crippen molar-refractivity contribution in [3.63, 3.8) is 0 Å². The van der Waals surface area contributed by atoms with Crippen LogP contribution in [0, 0.1) is 23.0 Å². The number of hydrogen-bond donors (Lipinski definition) is 1. The second kappa shape index (κ2) is 8.21. The first-order chi connectivity index (χ1) is 13.5. The first-order valence-electron chi connectivity index (χ1n) is 9.13. The summed E-state index contributed by atoms with van der Waals surface area (Å²) in [5.74, 6) is -1.65. The molecular formula is C20H21F2N5O. The van der Waals surface area contributed by atoms with Crippen LogP contribution in [0.2, 0.25) is 0 Å². The minimum atomic E-state index is -0.824. The monoisotopic (exact) mass is 385 g/mol. The number of hydrogen-bond acceptors (Lipinski definition) is 4. The molecule has 1 saturated heterocycles. The van der Waals surface area contributed by atoms with E-state index in [1.165, 1.54) is 23.9 Å². The fourth-order valence-electron chi connectivity index (χ4n) is 3.54. The molecule has 8 heteroatoms. The van der Waals surface area contributed by atoms with Crippen LogP contribution in [-0.4, -0.2) is 36.8 Å². The minimum Gasteiger partial charge on any atom is -0.357 e. The van der Waals surface area contributed by atoms with Gasteiger partial charge in [-0.05, 0) is 38.3 Å². The molecule has 1 aliphatic rings. The van der Waals surface area contributed by atoms with Gasteiger partial charge in [0.25, 0.3) is 5.91 Å². The van der Waals surface area contributed by atoms with Gasteiger partial charge in [-0.15, -0.1) is 0 Å². The summed E-state index contributed by atoms with van der Waals surface area (Å²) in [5, 5.41) is 12.4. The Labute approximate surface area is 162 Å². The highest BCUT2D eigenvalue weighted by Gasteiger charge is 2.32. The number of nitrogens with zero attached hydrogens (tertiary/aromatic N) is 4. The van der Waals surface area contributed by atoms with Crippen LogP contribution in [0.25, 0.3) is 5.69 Å². The quantitative estimate of drug-likeness (QED) is 0.816. The van der Waals surface area contributed by atoms with Gasteiger partial charge in [-0.25, -0.2) is 8.78 Å². The van der Waals surface area contributed by atoms with Gasteiger partial charge in [-0.3, -0.25) is 14.4 Å². The standard InChI is InChI=1S/C20H21F2N5O/c1-3-25-17-14(12-23)20(26-9-5-4-6-10-26)27(18(17)19(28)24-2)16-8-7-13(21)11-15(16)22/h3,7-8,11H,4-6,9-10H2,1-2H3,(H,24,28). The summed E-state index contributed by atoms with van der Waals surface area (Å²) in [6, 6.07) is 5.29. The lowest BCUT2D eigenvalue weighted by Crippen LogP contribution is -2.32. The van der Waals surface area contributed by atoms with E-state index in [9.17, 15) is 18.8 Å². The van der Waals surface area contributed by atoms with Crippen LogP contribution in [0.5, 0.6) is 0 Å². The third-order valence-electron chi connectivity index (χ3n) is 4.74. The highest BCUT2D eigenvalue weighted by molar-refractivity contribution is 6.02. The molecule has 2 heterocycles. The lowest BCUT2D eigenvalue weighted by molar-refractivity contribution is 0.0957. The number of nitrogens with one attached hydrogen (secondary N) is 1. The summed E-state index contributed by atoms with van der Waals surface area (Å²) in [7, 11) is 1.45. The summed E-state index contributed by atoms with van der Waals surface area (Å²) in [5.41, 5.74) is 0.411. The number of nitriles is 1. The lowest BCUT2D eigenvalue weighted by atomic mass is 10.1. The molecule has 146 valence electrons. The van der Waals surface area contributed by atoms with E-state index in [4.69, 9.17) is 0 Å². The molecule has 2 aromatic rings. The molecule has 1 N–H and O–H groups in total. The maximum Gasteiger partial charge on any atom is 0.270 e. The number of carbonyl (C=O) groups excluding carboxylic acids is 1. The van der Waals surface area contributed by atoms with Crippen molar-refractivity contribution >= 4 is 23.6 Å². The smallest absolute Gasteiger partial charge is 0.270 e. The Balaban J connectivity index is 2.42. The van der Waals surface area contributed by atoms with Gasteiger partial charge < -0.3 is 10.2 Å². The normalized spacial score (nSPS) is 14.3. The van der Waals surface area contributed by atoms with Crippen molar-refractivity contribution in [2.45, 2.75) is 26.2 Å². The first kappa shape index (κ1) is 19.5. The van der Waals surface area contributed by atoms with E-state index in [-0.39, 0.29) is 22.6 Å². The molecule has 1 amide bonds. The molecule has 0 spiro atoms. The fourth-order valence-corrected chi connectivity index (χ4v) is 3.54. The number of anilines is 1. The van der Waals surface area contributed by atoms with E-state index in [0.717, 1.165) is 31.4 Å². The van der Waals surface area contributed by atoms with Crippen LogP contribution in [0.4, 0.5) is 20.3 Å². The van der Waals surface area contributed by atoms with Gasteiger partial charge in [0.15, 0.2) is 0 Å². The molecule has 3 rings (SSSR count). The molecular weight excluding hydrogens is 364 g/mol. The number of benzene rings is 1. The number of aliphatic imine (C=N–C) groups is 1. The second-order valence-electron chi connectivity index (χ2n) is 6.45. The number of carbonyl (C=O) groups is 1. The van der Waals surface area contributed by atoms with E-state index in [0.29, 0.717) is 18.9 Å². The first-order valence-corrected chi connectivity index (χ1v) is 9.13. The van der Waals surface area contributed by atoms with Gasteiger partial charge in [-0.1, -0.05) is 0 Å². The zero-order valence-corrected chi connectivity index (χ0v) is 15.8. The van der Waals surface area contributed by atoms with Crippen LogP contribution >= 0.6 is 0 Å². The molecule has 0 aliphatic carbocycles. The molecule has 1 aromatic carbocycles. The lowest BCUT2D eigenvalue weighted by Gasteiger charge is -2.30. The largest absolute Gasteiger partial charge is 0.357 e. The van der Waals surface area contributed by atoms with Crippen LogP contribution in [0.15, 0.2) is 23.2 Å². The summed E-state index contributed by atoms with van der Waals surface area (Å²) >= 11 is 0. The zero-order valence-electron chi connectivity index (χ0n) is 15.8. The van der Waals surface area contributed by atoms with E-state index < -0.39 is 17.5 Å². The Morgan fingerprint density at radius 1 is 1.29 bits per heavy atom. The Bertz CT molecular complexity index is 968. The summed E-state index contributed by atoms with van der Waals surface area (Å²) < 4.78 is 29.6. The number of piperidine rings is 1. The third-order valence-corrected chi connectivity index (χ3v) is 4.74. The highest BCUT2D eigenvalue weighted by Crippen LogP contribution is 2.40. The molecule has 1 fully saturated rings. The van der Waals surface area contributed by atoms with Gasteiger partial charge in [-0.2, -0.15) is 5.26 Å². The summed E-state index contributed by atoms with van der Waals surface area (Å²) in [4.78, 5) is 18.9. The maximum atomic E-state index is 14.7. The molecule has 6 nitrogen and oxygen atoms in total. The van der Waals surface area contributed by atoms with Crippen LogP contribution in [-0.2, 0) is 0 Å². The Morgan fingerprint density at radius 3 is 2.57 bits per heavy atom. The van der Waals surface area contributed by atoms with E-state index in [1.807, 2.05) is 4.90 Å². The van der Waals surface area contributed by atoms with Crippen molar-refractivity contribution in [1.82, 2.24) is 9.88 Å². The number of aromatic nitrogens is 1. The van der Waals surface area contributed by atoms with E-state index >= 15 is 0 Å². The van der Waals surface area contributed by atoms with Gasteiger partial charge in [0, 0.05) is 32.4 Å². The molecule has 28 heavy (non-hydrogen) atoms. The average molecular weight is 385 g/mol. The van der Waals surface area contributed by atoms with Gasteiger partial charge in [0.2, 0.25) is 0 Å². The minimum absolute atomic E-state index is 0.00498. The molecule has 0 bridgehead atoms.